The van der Waals surface area contributed by atoms with E-state index in [1.54, 1.807) is 6.08 Å². The first-order valence-corrected chi connectivity index (χ1v) is 10.1. The normalized spacial score (nSPS) is 15.6. The topological polar surface area (TPSA) is 92.6 Å². The quantitative estimate of drug-likeness (QED) is 0.311. The highest BCUT2D eigenvalue weighted by Crippen LogP contribution is 2.32. The molecule has 0 spiro atoms. The van der Waals surface area contributed by atoms with Crippen molar-refractivity contribution in [1.82, 2.24) is 4.90 Å². The number of carbonyl (C=O) groups excluding carboxylic acids is 2. The first kappa shape index (κ1) is 21.4. The van der Waals surface area contributed by atoms with Gasteiger partial charge in [0.25, 0.3) is 11.6 Å². The highest BCUT2D eigenvalue weighted by Gasteiger charge is 2.33. The standard InChI is InChI=1S/C21H17N3O4S2/c1-14(11-15-5-3-2-4-6-15)12-18-20(26)23(21(29)30-18)13-19(25)22-16-7-9-17(10-8-16)24(27)28/h2-12H,13H2,1H3,(H,22,25)/b14-11+,18-12+. The predicted octanol–water partition coefficient (Wildman–Crippen LogP) is 4.38. The zero-order chi connectivity index (χ0) is 21.7. The fraction of sp³-hybridized carbons (Fsp3) is 0.0952. The Labute approximate surface area is 182 Å². The molecule has 9 heteroatoms. The van der Waals surface area contributed by atoms with Gasteiger partial charge in [0.1, 0.15) is 10.9 Å². The Morgan fingerprint density at radius 1 is 1.20 bits per heavy atom. The molecule has 1 N–H and O–H groups in total. The van der Waals surface area contributed by atoms with E-state index >= 15 is 0 Å². The Balaban J connectivity index is 1.65. The Bertz CT molecular complexity index is 1060. The minimum Gasteiger partial charge on any atom is -0.325 e. The monoisotopic (exact) mass is 439 g/mol. The van der Waals surface area contributed by atoms with E-state index < -0.39 is 10.8 Å². The molecular formula is C21H17N3O4S2. The summed E-state index contributed by atoms with van der Waals surface area (Å²) in [6.07, 6.45) is 3.70. The lowest BCUT2D eigenvalue weighted by Crippen LogP contribution is -2.36. The minimum absolute atomic E-state index is 0.0750. The van der Waals surface area contributed by atoms with Crippen LogP contribution in [0.5, 0.6) is 0 Å². The Kier molecular flexibility index (Phi) is 6.76. The summed E-state index contributed by atoms with van der Waals surface area (Å²) in [5.41, 5.74) is 2.23. The van der Waals surface area contributed by atoms with Gasteiger partial charge in [0.15, 0.2) is 0 Å². The molecule has 0 aliphatic carbocycles. The van der Waals surface area contributed by atoms with Crippen LogP contribution in [0, 0.1) is 10.1 Å². The lowest BCUT2D eigenvalue weighted by Gasteiger charge is -2.14. The fourth-order valence-electron chi connectivity index (χ4n) is 2.71. The van der Waals surface area contributed by atoms with Crippen LogP contribution in [-0.2, 0) is 9.59 Å². The third-order valence-corrected chi connectivity index (χ3v) is 5.47. The van der Waals surface area contributed by atoms with E-state index in [0.29, 0.717) is 14.9 Å². The fourth-order valence-corrected chi connectivity index (χ4v) is 4.01. The molecule has 2 aromatic carbocycles. The molecule has 0 saturated carbocycles. The molecule has 2 amide bonds. The van der Waals surface area contributed by atoms with Crippen molar-refractivity contribution in [3.8, 4) is 0 Å². The molecule has 3 rings (SSSR count). The van der Waals surface area contributed by atoms with Crippen molar-refractivity contribution in [3.63, 3.8) is 0 Å². The molecule has 0 radical (unpaired) electrons. The molecule has 0 unspecified atom stereocenters. The van der Waals surface area contributed by atoms with Crippen LogP contribution >= 0.6 is 24.0 Å². The van der Waals surface area contributed by atoms with E-state index in [0.717, 1.165) is 22.9 Å². The van der Waals surface area contributed by atoms with Gasteiger partial charge in [0.05, 0.1) is 9.83 Å². The molecule has 0 aromatic heterocycles. The second-order valence-electron chi connectivity index (χ2n) is 6.42. The molecule has 1 saturated heterocycles. The number of allylic oxidation sites excluding steroid dienone is 2. The molecule has 30 heavy (non-hydrogen) atoms. The number of nitrogens with zero attached hydrogens (tertiary/aromatic N) is 2. The zero-order valence-corrected chi connectivity index (χ0v) is 17.5. The second kappa shape index (κ2) is 9.47. The molecule has 1 aliphatic rings. The van der Waals surface area contributed by atoms with Gasteiger partial charge in [0, 0.05) is 17.8 Å². The van der Waals surface area contributed by atoms with Crippen LogP contribution in [0.3, 0.4) is 0 Å². The molecule has 152 valence electrons. The van der Waals surface area contributed by atoms with Crippen LogP contribution in [0.1, 0.15) is 12.5 Å². The summed E-state index contributed by atoms with van der Waals surface area (Å²) in [4.78, 5) is 36.9. The van der Waals surface area contributed by atoms with E-state index in [1.165, 1.54) is 29.2 Å². The summed E-state index contributed by atoms with van der Waals surface area (Å²) >= 11 is 6.41. The highest BCUT2D eigenvalue weighted by atomic mass is 32.2. The van der Waals surface area contributed by atoms with E-state index in [-0.39, 0.29) is 18.1 Å². The first-order chi connectivity index (χ1) is 14.3. The summed E-state index contributed by atoms with van der Waals surface area (Å²) in [6, 6.07) is 15.2. The molecule has 1 heterocycles. The zero-order valence-electron chi connectivity index (χ0n) is 15.9. The summed E-state index contributed by atoms with van der Waals surface area (Å²) in [5.74, 6) is -0.775. The van der Waals surface area contributed by atoms with Gasteiger partial charge in [0.2, 0.25) is 5.91 Å². The SMILES string of the molecule is CC(=C\c1ccccc1)/C=C1/SC(=S)N(CC(=O)Nc2ccc([N+](=O)[O-])cc2)C1=O. The van der Waals surface area contributed by atoms with E-state index in [4.69, 9.17) is 12.2 Å². The number of thiocarbonyl (C=S) groups is 1. The maximum atomic E-state index is 12.7. The number of hydrogen-bond donors (Lipinski definition) is 1. The smallest absolute Gasteiger partial charge is 0.269 e. The number of anilines is 1. The van der Waals surface area contributed by atoms with E-state index in [1.807, 2.05) is 43.3 Å². The van der Waals surface area contributed by atoms with Gasteiger partial charge in [-0.15, -0.1) is 0 Å². The van der Waals surface area contributed by atoms with Crippen molar-refractivity contribution in [2.45, 2.75) is 6.92 Å². The molecule has 7 nitrogen and oxygen atoms in total. The molecule has 1 fully saturated rings. The number of non-ortho nitro benzene ring substituents is 1. The average Bonchev–Trinajstić information content (AvgIpc) is 2.96. The molecule has 2 aromatic rings. The van der Waals surface area contributed by atoms with Crippen molar-refractivity contribution < 1.29 is 14.5 Å². The van der Waals surface area contributed by atoms with E-state index in [9.17, 15) is 19.7 Å². The molecular weight excluding hydrogens is 422 g/mol. The van der Waals surface area contributed by atoms with Crippen LogP contribution < -0.4 is 5.32 Å². The van der Waals surface area contributed by atoms with Gasteiger partial charge in [-0.05, 0) is 36.3 Å². The lowest BCUT2D eigenvalue weighted by molar-refractivity contribution is -0.384. The number of carbonyl (C=O) groups is 2. The Hall–Kier alpha value is -3.30. The van der Waals surface area contributed by atoms with Crippen LogP contribution in [0.15, 0.2) is 71.2 Å². The van der Waals surface area contributed by atoms with Gasteiger partial charge >= 0.3 is 0 Å². The summed E-state index contributed by atoms with van der Waals surface area (Å²) in [6.45, 7) is 1.65. The van der Waals surface area contributed by atoms with Crippen LogP contribution in [0.2, 0.25) is 0 Å². The highest BCUT2D eigenvalue weighted by molar-refractivity contribution is 8.26. The van der Waals surface area contributed by atoms with Gasteiger partial charge < -0.3 is 5.32 Å². The van der Waals surface area contributed by atoms with Crippen molar-refractivity contribution in [3.05, 3.63) is 86.8 Å². The Morgan fingerprint density at radius 2 is 1.87 bits per heavy atom. The van der Waals surface area contributed by atoms with Gasteiger partial charge in [-0.2, -0.15) is 0 Å². The number of nitrogens with one attached hydrogen (secondary N) is 1. The summed E-state index contributed by atoms with van der Waals surface area (Å²) < 4.78 is 0.303. The van der Waals surface area contributed by atoms with E-state index in [2.05, 4.69) is 5.32 Å². The van der Waals surface area contributed by atoms with Gasteiger partial charge in [-0.1, -0.05) is 60.4 Å². The van der Waals surface area contributed by atoms with Gasteiger partial charge in [-0.25, -0.2) is 0 Å². The maximum Gasteiger partial charge on any atom is 0.269 e. The largest absolute Gasteiger partial charge is 0.325 e. The van der Waals surface area contributed by atoms with Crippen molar-refractivity contribution in [1.29, 1.82) is 0 Å². The van der Waals surface area contributed by atoms with Gasteiger partial charge in [-0.3, -0.25) is 24.6 Å². The number of rotatable bonds is 6. The van der Waals surface area contributed by atoms with Crippen LogP contribution in [0.25, 0.3) is 6.08 Å². The lowest BCUT2D eigenvalue weighted by atomic mass is 10.1. The molecule has 1 aliphatic heterocycles. The Morgan fingerprint density at radius 3 is 2.50 bits per heavy atom. The third kappa shape index (κ3) is 5.40. The van der Waals surface area contributed by atoms with Crippen LogP contribution in [-0.4, -0.2) is 32.5 Å². The number of benzene rings is 2. The van der Waals surface area contributed by atoms with Crippen molar-refractivity contribution in [2.24, 2.45) is 0 Å². The number of hydrogen-bond acceptors (Lipinski definition) is 6. The number of nitro groups is 1. The number of thioether (sulfide) groups is 1. The second-order valence-corrected chi connectivity index (χ2v) is 8.09. The van der Waals surface area contributed by atoms with Crippen molar-refractivity contribution >= 4 is 57.6 Å². The van der Waals surface area contributed by atoms with Crippen molar-refractivity contribution in [2.75, 3.05) is 11.9 Å². The maximum absolute atomic E-state index is 12.7. The summed E-state index contributed by atoms with van der Waals surface area (Å²) in [5, 5.41) is 13.3. The number of amides is 2. The molecule has 0 bridgehead atoms. The average molecular weight is 440 g/mol. The predicted molar refractivity (Wildman–Crippen MR) is 122 cm³/mol. The summed E-state index contributed by atoms with van der Waals surface area (Å²) in [7, 11) is 0. The first-order valence-electron chi connectivity index (χ1n) is 8.86. The third-order valence-electron chi connectivity index (χ3n) is 4.09. The number of nitro benzene ring substituents is 1. The van der Waals surface area contributed by atoms with Crippen LogP contribution in [0.4, 0.5) is 11.4 Å². The molecule has 0 atom stereocenters. The minimum atomic E-state index is -0.522.